The molecule has 0 aliphatic carbocycles. The Balaban J connectivity index is 1.54. The van der Waals surface area contributed by atoms with Gasteiger partial charge in [-0.25, -0.2) is 4.98 Å². The number of para-hydroxylation sites is 2. The molecule has 0 radical (unpaired) electrons. The van der Waals surface area contributed by atoms with Crippen LogP contribution in [0.15, 0.2) is 42.6 Å². The Bertz CT molecular complexity index is 823. The molecule has 0 bridgehead atoms. The Labute approximate surface area is 171 Å². The maximum atomic E-state index is 13.0. The van der Waals surface area contributed by atoms with Crippen molar-refractivity contribution in [3.05, 3.63) is 53.4 Å². The van der Waals surface area contributed by atoms with Crippen LogP contribution in [0.25, 0.3) is 0 Å². The first-order chi connectivity index (χ1) is 14.1. The number of nitrogens with zero attached hydrogens (tertiary/aromatic N) is 4. The number of carboxylic acids is 1. The molecule has 4 rings (SSSR count). The minimum atomic E-state index is -0.696. The predicted octanol–water partition coefficient (Wildman–Crippen LogP) is 3.79. The lowest BCUT2D eigenvalue weighted by atomic mass is 9.98. The molecule has 2 aliphatic heterocycles. The van der Waals surface area contributed by atoms with Gasteiger partial charge in [0.25, 0.3) is 0 Å². The summed E-state index contributed by atoms with van der Waals surface area (Å²) in [5, 5.41) is 23.3. The Morgan fingerprint density at radius 1 is 1.21 bits per heavy atom. The average molecular weight is 395 g/mol. The number of aliphatic carboxylic acids is 1. The molecule has 2 aromatic rings. The van der Waals surface area contributed by atoms with E-state index in [1.165, 1.54) is 0 Å². The van der Waals surface area contributed by atoms with E-state index >= 15 is 0 Å². The van der Waals surface area contributed by atoms with Gasteiger partial charge in [-0.15, -0.1) is 0 Å². The van der Waals surface area contributed by atoms with Gasteiger partial charge in [0.15, 0.2) is 0 Å². The van der Waals surface area contributed by atoms with Crippen LogP contribution in [-0.2, 0) is 4.79 Å². The van der Waals surface area contributed by atoms with E-state index in [0.717, 1.165) is 61.0 Å². The lowest BCUT2D eigenvalue weighted by Gasteiger charge is -2.36. The number of fused-ring (bicyclic) bond motifs is 2. The van der Waals surface area contributed by atoms with Gasteiger partial charge in [-0.3, -0.25) is 4.79 Å². The summed E-state index contributed by atoms with van der Waals surface area (Å²) in [4.78, 5) is 20.3. The Morgan fingerprint density at radius 2 is 2.00 bits per heavy atom. The molecular formula is C22H27N4O3-. The van der Waals surface area contributed by atoms with E-state index in [1.807, 2.05) is 43.3 Å². The number of hydrogen-bond donors (Lipinski definition) is 1. The molecule has 2 aliphatic rings. The molecular weight excluding hydrogens is 368 g/mol. The molecule has 0 amide bonds. The van der Waals surface area contributed by atoms with Gasteiger partial charge in [-0.2, -0.15) is 0 Å². The van der Waals surface area contributed by atoms with E-state index in [-0.39, 0.29) is 12.0 Å². The summed E-state index contributed by atoms with van der Waals surface area (Å²) in [7, 11) is 0. The van der Waals surface area contributed by atoms with E-state index in [9.17, 15) is 15.1 Å². The van der Waals surface area contributed by atoms with E-state index in [0.29, 0.717) is 12.2 Å². The first-order valence-corrected chi connectivity index (χ1v) is 10.3. The van der Waals surface area contributed by atoms with Crippen LogP contribution in [0.4, 0.5) is 17.2 Å². The lowest BCUT2D eigenvalue weighted by molar-refractivity contribution is -0.143. The second-order valence-corrected chi connectivity index (χ2v) is 7.89. The van der Waals surface area contributed by atoms with Gasteiger partial charge in [-0.05, 0) is 57.5 Å². The topological polar surface area (TPSA) is 83.0 Å². The van der Waals surface area contributed by atoms with Gasteiger partial charge in [0.05, 0.1) is 17.3 Å². The van der Waals surface area contributed by atoms with Gasteiger partial charge in [0, 0.05) is 30.9 Å². The summed E-state index contributed by atoms with van der Waals surface area (Å²) in [6, 6.07) is 11.2. The minimum absolute atomic E-state index is 0.264. The summed E-state index contributed by atoms with van der Waals surface area (Å²) in [5.41, 5.74) is 2.44. The average Bonchev–Trinajstić information content (AvgIpc) is 2.84. The normalized spacial score (nSPS) is 22.0. The van der Waals surface area contributed by atoms with E-state index in [4.69, 9.17) is 0 Å². The highest BCUT2D eigenvalue weighted by Gasteiger charge is 2.28. The highest BCUT2D eigenvalue weighted by atomic mass is 16.5. The maximum absolute atomic E-state index is 13.0. The first-order valence-electron chi connectivity index (χ1n) is 10.3. The van der Waals surface area contributed by atoms with Crippen LogP contribution < -0.4 is 9.96 Å². The molecule has 1 N–H and O–H groups in total. The number of aromatic nitrogens is 1. The number of anilines is 3. The van der Waals surface area contributed by atoms with Gasteiger partial charge >= 0.3 is 5.97 Å². The first kappa shape index (κ1) is 19.7. The number of pyridine rings is 1. The summed E-state index contributed by atoms with van der Waals surface area (Å²) in [6.45, 7) is 5.03. The zero-order chi connectivity index (χ0) is 20.4. The minimum Gasteiger partial charge on any atom is -0.758 e. The van der Waals surface area contributed by atoms with Crippen LogP contribution in [-0.4, -0.2) is 47.1 Å². The quantitative estimate of drug-likeness (QED) is 0.825. The van der Waals surface area contributed by atoms with Gasteiger partial charge in [0.1, 0.15) is 5.82 Å². The van der Waals surface area contributed by atoms with Crippen LogP contribution in [0.5, 0.6) is 0 Å². The summed E-state index contributed by atoms with van der Waals surface area (Å²) < 4.78 is 0. The van der Waals surface area contributed by atoms with Crippen molar-refractivity contribution in [2.24, 2.45) is 5.92 Å². The fourth-order valence-electron chi connectivity index (χ4n) is 4.43. The maximum Gasteiger partial charge on any atom is 0.307 e. The largest absolute Gasteiger partial charge is 0.758 e. The molecule has 2 unspecified atom stereocenters. The third kappa shape index (κ3) is 3.93. The second kappa shape index (κ2) is 8.39. The molecule has 1 aromatic carbocycles. The molecule has 1 aromatic heterocycles. The van der Waals surface area contributed by atoms with Crippen molar-refractivity contribution in [1.29, 1.82) is 0 Å². The number of benzene rings is 1. The van der Waals surface area contributed by atoms with Crippen molar-refractivity contribution >= 4 is 23.2 Å². The second-order valence-electron chi connectivity index (χ2n) is 7.89. The fraction of sp³-hybridized carbons (Fsp3) is 0.455. The molecule has 0 spiro atoms. The number of hydrogen-bond acceptors (Lipinski definition) is 6. The van der Waals surface area contributed by atoms with Crippen molar-refractivity contribution in [3.8, 4) is 0 Å². The van der Waals surface area contributed by atoms with Crippen molar-refractivity contribution in [2.75, 3.05) is 36.1 Å². The van der Waals surface area contributed by atoms with Crippen LogP contribution in [0.2, 0.25) is 0 Å². The SMILES string of the molecule is CC1c2cccnc2N(CCCN2CCCC(C(=O)O)C2)c2ccccc2N1[O-]. The van der Waals surface area contributed by atoms with Gasteiger partial charge in [-0.1, -0.05) is 18.2 Å². The van der Waals surface area contributed by atoms with Crippen molar-refractivity contribution in [2.45, 2.75) is 32.2 Å². The van der Waals surface area contributed by atoms with Crippen LogP contribution in [0.1, 0.15) is 37.8 Å². The highest BCUT2D eigenvalue weighted by molar-refractivity contribution is 5.80. The summed E-state index contributed by atoms with van der Waals surface area (Å²) in [6.07, 6.45) is 4.32. The van der Waals surface area contributed by atoms with Gasteiger partial charge in [0.2, 0.25) is 0 Å². The Morgan fingerprint density at radius 3 is 2.79 bits per heavy atom. The molecule has 1 saturated heterocycles. The standard InChI is InChI=1S/C22H27N4O3/c1-16-18-8-4-11-23-21(18)25(19-9-2-3-10-20(19)26(16)29)14-6-13-24-12-5-7-17(15-24)22(27)28/h2-4,8-11,16-17H,5-7,12-15H2,1H3,(H,27,28)/q-1. The van der Waals surface area contributed by atoms with E-state index in [1.54, 1.807) is 6.20 Å². The predicted molar refractivity (Wildman–Crippen MR) is 113 cm³/mol. The number of rotatable bonds is 5. The molecule has 7 nitrogen and oxygen atoms in total. The van der Waals surface area contributed by atoms with E-state index < -0.39 is 5.97 Å². The number of hydroxylamine groups is 1. The third-order valence-corrected chi connectivity index (χ3v) is 6.00. The number of piperidine rings is 1. The molecule has 1 fully saturated rings. The van der Waals surface area contributed by atoms with Crippen molar-refractivity contribution < 1.29 is 9.90 Å². The molecule has 29 heavy (non-hydrogen) atoms. The fourth-order valence-corrected chi connectivity index (χ4v) is 4.43. The summed E-state index contributed by atoms with van der Waals surface area (Å²) >= 11 is 0. The smallest absolute Gasteiger partial charge is 0.307 e. The van der Waals surface area contributed by atoms with Crippen LogP contribution in [0, 0.1) is 11.1 Å². The van der Waals surface area contributed by atoms with Crippen molar-refractivity contribution in [3.63, 3.8) is 0 Å². The van der Waals surface area contributed by atoms with Gasteiger partial charge < -0.3 is 25.2 Å². The lowest BCUT2D eigenvalue weighted by Crippen LogP contribution is -2.39. The van der Waals surface area contributed by atoms with Crippen LogP contribution >= 0.6 is 0 Å². The summed E-state index contributed by atoms with van der Waals surface area (Å²) in [5.74, 6) is -0.133. The third-order valence-electron chi connectivity index (χ3n) is 6.00. The molecule has 0 saturated carbocycles. The highest BCUT2D eigenvalue weighted by Crippen LogP contribution is 2.43. The number of carbonyl (C=O) groups is 1. The Hall–Kier alpha value is -2.64. The zero-order valence-electron chi connectivity index (χ0n) is 16.7. The molecule has 154 valence electrons. The zero-order valence-corrected chi connectivity index (χ0v) is 16.7. The Kier molecular flexibility index (Phi) is 5.69. The number of likely N-dealkylation sites (tertiary alicyclic amines) is 1. The molecule has 3 heterocycles. The number of carboxylic acid groups (broad SMARTS) is 1. The monoisotopic (exact) mass is 395 g/mol. The molecule has 7 heteroatoms. The molecule has 2 atom stereocenters. The van der Waals surface area contributed by atoms with Crippen LogP contribution in [0.3, 0.4) is 0 Å². The van der Waals surface area contributed by atoms with E-state index in [2.05, 4.69) is 14.8 Å². The van der Waals surface area contributed by atoms with Crippen molar-refractivity contribution in [1.82, 2.24) is 9.88 Å².